The molecule has 0 spiro atoms. The largest absolute Gasteiger partial charge is 0.573 e. The predicted molar refractivity (Wildman–Crippen MR) is 165 cm³/mol. The van der Waals surface area contributed by atoms with Gasteiger partial charge in [0.15, 0.2) is 0 Å². The molecule has 11 heteroatoms. The highest BCUT2D eigenvalue weighted by Gasteiger charge is 2.31. The van der Waals surface area contributed by atoms with Crippen molar-refractivity contribution in [1.29, 1.82) is 0 Å². The Balaban J connectivity index is 1.25. The Bertz CT molecular complexity index is 1610. The van der Waals surface area contributed by atoms with E-state index >= 15 is 0 Å². The number of halogens is 3. The van der Waals surface area contributed by atoms with Crippen molar-refractivity contribution in [2.75, 3.05) is 35.2 Å². The summed E-state index contributed by atoms with van der Waals surface area (Å²) >= 11 is 1.98. The molecule has 3 aromatic carbocycles. The zero-order valence-electron chi connectivity index (χ0n) is 24.1. The molecule has 5 rings (SSSR count). The minimum Gasteiger partial charge on any atom is -0.406 e. The molecule has 1 fully saturated rings. The SMILES string of the molecule is Cc1ccc(CN2CCSCC2)cc1NC(=O)c1ccc(Nc2ncc(C)c(-c3ccc(OC(F)(F)F)c(C)c3)n2)cc1. The first-order valence-electron chi connectivity index (χ1n) is 13.8. The molecule has 224 valence electrons. The van der Waals surface area contributed by atoms with Crippen molar-refractivity contribution in [3.05, 3.63) is 94.7 Å². The van der Waals surface area contributed by atoms with Gasteiger partial charge in [-0.15, -0.1) is 13.2 Å². The molecule has 0 atom stereocenters. The number of nitrogens with zero attached hydrogens (tertiary/aromatic N) is 3. The first kappa shape index (κ1) is 30.4. The zero-order chi connectivity index (χ0) is 30.6. The summed E-state index contributed by atoms with van der Waals surface area (Å²) in [5, 5.41) is 6.18. The van der Waals surface area contributed by atoms with Gasteiger partial charge in [0.2, 0.25) is 5.95 Å². The molecule has 2 N–H and O–H groups in total. The van der Waals surface area contributed by atoms with Gasteiger partial charge in [-0.25, -0.2) is 9.97 Å². The van der Waals surface area contributed by atoms with Crippen molar-refractivity contribution in [3.8, 4) is 17.0 Å². The Labute approximate surface area is 252 Å². The monoisotopic (exact) mass is 607 g/mol. The number of alkyl halides is 3. The van der Waals surface area contributed by atoms with Gasteiger partial charge in [0, 0.05) is 59.8 Å². The second-order valence-electron chi connectivity index (χ2n) is 10.4. The van der Waals surface area contributed by atoms with Crippen LogP contribution in [0.3, 0.4) is 0 Å². The highest BCUT2D eigenvalue weighted by atomic mass is 32.2. The zero-order valence-corrected chi connectivity index (χ0v) is 24.9. The van der Waals surface area contributed by atoms with Crippen molar-refractivity contribution < 1.29 is 22.7 Å². The van der Waals surface area contributed by atoms with Crippen LogP contribution in [-0.4, -0.2) is 51.7 Å². The molecule has 1 amide bonds. The summed E-state index contributed by atoms with van der Waals surface area (Å²) in [5.41, 5.74) is 6.45. The summed E-state index contributed by atoms with van der Waals surface area (Å²) in [6.45, 7) is 8.36. The maximum Gasteiger partial charge on any atom is 0.573 e. The van der Waals surface area contributed by atoms with E-state index in [1.54, 1.807) is 43.5 Å². The third-order valence-corrected chi connectivity index (χ3v) is 8.05. The lowest BCUT2D eigenvalue weighted by Crippen LogP contribution is -2.32. The van der Waals surface area contributed by atoms with Gasteiger partial charge in [-0.05, 0) is 91.6 Å². The van der Waals surface area contributed by atoms with Gasteiger partial charge in [-0.1, -0.05) is 12.1 Å². The fraction of sp³-hybridized carbons (Fsp3) is 0.281. The third kappa shape index (κ3) is 8.05. The van der Waals surface area contributed by atoms with Crippen LogP contribution >= 0.6 is 11.8 Å². The number of thioether (sulfide) groups is 1. The molecule has 43 heavy (non-hydrogen) atoms. The van der Waals surface area contributed by atoms with Crippen LogP contribution in [0.5, 0.6) is 5.75 Å². The maximum absolute atomic E-state index is 13.1. The molecule has 2 heterocycles. The minimum atomic E-state index is -4.76. The van der Waals surface area contributed by atoms with Crippen LogP contribution < -0.4 is 15.4 Å². The first-order valence-corrected chi connectivity index (χ1v) is 15.0. The second-order valence-corrected chi connectivity index (χ2v) is 11.7. The van der Waals surface area contributed by atoms with Gasteiger partial charge in [-0.2, -0.15) is 11.8 Å². The molecular weight excluding hydrogens is 575 g/mol. The van der Waals surface area contributed by atoms with E-state index in [9.17, 15) is 18.0 Å². The molecule has 4 aromatic rings. The number of aryl methyl sites for hydroxylation is 3. The summed E-state index contributed by atoms with van der Waals surface area (Å²) < 4.78 is 42.1. The van der Waals surface area contributed by atoms with Gasteiger partial charge in [0.05, 0.1) is 5.69 Å². The second kappa shape index (κ2) is 13.0. The van der Waals surface area contributed by atoms with Gasteiger partial charge in [0.25, 0.3) is 5.91 Å². The molecule has 0 bridgehead atoms. The summed E-state index contributed by atoms with van der Waals surface area (Å²) in [7, 11) is 0. The lowest BCUT2D eigenvalue weighted by molar-refractivity contribution is -0.274. The summed E-state index contributed by atoms with van der Waals surface area (Å²) in [5.74, 6) is 2.14. The molecule has 1 aliphatic heterocycles. The van der Waals surface area contributed by atoms with Crippen LogP contribution in [0.2, 0.25) is 0 Å². The van der Waals surface area contributed by atoms with E-state index in [-0.39, 0.29) is 11.7 Å². The number of anilines is 3. The molecule has 0 radical (unpaired) electrons. The lowest BCUT2D eigenvalue weighted by Gasteiger charge is -2.26. The lowest BCUT2D eigenvalue weighted by atomic mass is 10.0. The van der Waals surface area contributed by atoms with E-state index < -0.39 is 6.36 Å². The van der Waals surface area contributed by atoms with E-state index in [4.69, 9.17) is 0 Å². The number of rotatable bonds is 8. The Morgan fingerprint density at radius 3 is 2.40 bits per heavy atom. The molecule has 1 saturated heterocycles. The number of carbonyl (C=O) groups is 1. The average Bonchev–Trinajstić information content (AvgIpc) is 2.97. The van der Waals surface area contributed by atoms with Crippen LogP contribution in [-0.2, 0) is 6.54 Å². The van der Waals surface area contributed by atoms with E-state index in [0.717, 1.165) is 48.0 Å². The van der Waals surface area contributed by atoms with Gasteiger partial charge in [-0.3, -0.25) is 9.69 Å². The van der Waals surface area contributed by atoms with Crippen LogP contribution in [0, 0.1) is 20.8 Å². The number of aromatic nitrogens is 2. The molecule has 0 saturated carbocycles. The summed E-state index contributed by atoms with van der Waals surface area (Å²) in [4.78, 5) is 24.4. The quantitative estimate of drug-likeness (QED) is 0.215. The van der Waals surface area contributed by atoms with Crippen molar-refractivity contribution in [2.45, 2.75) is 33.7 Å². The van der Waals surface area contributed by atoms with Crippen LogP contribution in [0.15, 0.2) is 66.9 Å². The van der Waals surface area contributed by atoms with Crippen molar-refractivity contribution in [1.82, 2.24) is 14.9 Å². The predicted octanol–water partition coefficient (Wildman–Crippen LogP) is 7.51. The number of hydrogen-bond acceptors (Lipinski definition) is 7. The first-order chi connectivity index (χ1) is 20.5. The van der Waals surface area contributed by atoms with Crippen molar-refractivity contribution in [3.63, 3.8) is 0 Å². The van der Waals surface area contributed by atoms with Gasteiger partial charge < -0.3 is 15.4 Å². The topological polar surface area (TPSA) is 79.4 Å². The Hall–Kier alpha value is -4.09. The Morgan fingerprint density at radius 1 is 0.953 bits per heavy atom. The summed E-state index contributed by atoms with van der Waals surface area (Å²) in [6, 6.07) is 17.6. The highest BCUT2D eigenvalue weighted by molar-refractivity contribution is 7.99. The van der Waals surface area contributed by atoms with Crippen LogP contribution in [0.4, 0.5) is 30.5 Å². The number of hydrogen-bond donors (Lipinski definition) is 2. The number of amides is 1. The highest BCUT2D eigenvalue weighted by Crippen LogP contribution is 2.31. The standard InChI is InChI=1S/C32H32F3N5O2S/c1-20-4-5-23(19-40-12-14-43-15-13-40)17-27(20)38-30(41)24-6-9-26(10-7-24)37-31-36-18-22(3)29(39-31)25-8-11-28(21(2)16-25)42-32(33,34)35/h4-11,16-18H,12-15,19H2,1-3H3,(H,38,41)(H,36,37,39). The molecule has 0 unspecified atom stereocenters. The molecule has 1 aliphatic rings. The fourth-order valence-electron chi connectivity index (χ4n) is 4.78. The Kier molecular flexibility index (Phi) is 9.22. The van der Waals surface area contributed by atoms with Crippen LogP contribution in [0.25, 0.3) is 11.3 Å². The summed E-state index contributed by atoms with van der Waals surface area (Å²) in [6.07, 6.45) is -3.12. The van der Waals surface area contributed by atoms with Gasteiger partial charge >= 0.3 is 6.36 Å². The van der Waals surface area contributed by atoms with E-state index in [1.165, 1.54) is 17.7 Å². The molecule has 7 nitrogen and oxygen atoms in total. The number of nitrogens with one attached hydrogen (secondary N) is 2. The number of benzene rings is 3. The van der Waals surface area contributed by atoms with Crippen molar-refractivity contribution in [2.24, 2.45) is 0 Å². The molecule has 1 aromatic heterocycles. The van der Waals surface area contributed by atoms with Crippen molar-refractivity contribution >= 4 is 35.0 Å². The fourth-order valence-corrected chi connectivity index (χ4v) is 5.76. The third-order valence-electron chi connectivity index (χ3n) is 7.11. The van der Waals surface area contributed by atoms with E-state index in [2.05, 4.69) is 42.4 Å². The number of carbonyl (C=O) groups excluding carboxylic acids is 1. The smallest absolute Gasteiger partial charge is 0.406 e. The van der Waals surface area contributed by atoms with E-state index in [0.29, 0.717) is 34.0 Å². The average molecular weight is 608 g/mol. The van der Waals surface area contributed by atoms with E-state index in [1.807, 2.05) is 31.7 Å². The maximum atomic E-state index is 13.1. The van der Waals surface area contributed by atoms with Crippen LogP contribution in [0.1, 0.15) is 32.6 Å². The Morgan fingerprint density at radius 2 is 1.70 bits per heavy atom. The molecular formula is C32H32F3N5O2S. The number of ether oxygens (including phenoxy) is 1. The minimum absolute atomic E-state index is 0.205. The van der Waals surface area contributed by atoms with Gasteiger partial charge in [0.1, 0.15) is 5.75 Å². The molecule has 0 aliphatic carbocycles. The normalized spacial score (nSPS) is 13.9.